The predicted octanol–water partition coefficient (Wildman–Crippen LogP) is 2.23. The van der Waals surface area contributed by atoms with Crippen LogP contribution >= 0.6 is 11.5 Å². The summed E-state index contributed by atoms with van der Waals surface area (Å²) in [5.41, 5.74) is 0. The fourth-order valence-corrected chi connectivity index (χ4v) is 2.16. The number of hydrogen-bond acceptors (Lipinski definition) is 5. The van der Waals surface area contributed by atoms with Gasteiger partial charge in [0.15, 0.2) is 0 Å². The molecule has 0 amide bonds. The second-order valence-corrected chi connectivity index (χ2v) is 4.68. The summed E-state index contributed by atoms with van der Waals surface area (Å²) in [6.07, 6.45) is 1.01. The van der Waals surface area contributed by atoms with Gasteiger partial charge in [0, 0.05) is 36.7 Å². The van der Waals surface area contributed by atoms with E-state index < -0.39 is 0 Å². The van der Waals surface area contributed by atoms with Gasteiger partial charge in [0.05, 0.1) is 7.11 Å². The maximum absolute atomic E-state index is 5.07. The van der Waals surface area contributed by atoms with Crippen molar-refractivity contribution in [1.82, 2.24) is 9.69 Å². The number of nitrogens with one attached hydrogen (secondary N) is 1. The topological polar surface area (TPSA) is 43.4 Å². The molecule has 1 rings (SSSR count). The van der Waals surface area contributed by atoms with Gasteiger partial charge in [-0.15, -0.1) is 0 Å². The van der Waals surface area contributed by atoms with Crippen molar-refractivity contribution in [3.8, 4) is 5.88 Å². The zero-order chi connectivity index (χ0) is 12.0. The molecule has 0 saturated heterocycles. The van der Waals surface area contributed by atoms with E-state index in [9.17, 15) is 0 Å². The summed E-state index contributed by atoms with van der Waals surface area (Å²) >= 11 is 1.48. The van der Waals surface area contributed by atoms with Gasteiger partial charge < -0.3 is 14.8 Å². The average molecular weight is 244 g/mol. The molecule has 0 aromatic carbocycles. The number of aromatic nitrogens is 1. The van der Waals surface area contributed by atoms with Crippen molar-refractivity contribution < 1.29 is 9.47 Å². The maximum atomic E-state index is 5.07. The van der Waals surface area contributed by atoms with Crippen LogP contribution in [0.1, 0.15) is 31.2 Å². The van der Waals surface area contributed by atoms with Crippen LogP contribution in [0, 0.1) is 0 Å². The van der Waals surface area contributed by atoms with Crippen molar-refractivity contribution in [3.63, 3.8) is 0 Å². The quantitative estimate of drug-likeness (QED) is 0.798. The molecule has 0 aliphatic carbocycles. The van der Waals surface area contributed by atoms with Crippen LogP contribution < -0.4 is 10.1 Å². The van der Waals surface area contributed by atoms with Crippen molar-refractivity contribution in [3.05, 3.63) is 10.9 Å². The zero-order valence-corrected chi connectivity index (χ0v) is 11.1. The van der Waals surface area contributed by atoms with Crippen LogP contribution in [0.25, 0.3) is 0 Å². The summed E-state index contributed by atoms with van der Waals surface area (Å²) in [6.45, 7) is 5.08. The lowest BCUT2D eigenvalue weighted by molar-refractivity contribution is 0.183. The highest BCUT2D eigenvalue weighted by Crippen LogP contribution is 2.23. The molecule has 0 radical (unpaired) electrons. The number of methoxy groups -OCH3 is 2. The minimum absolute atomic E-state index is 0.299. The lowest BCUT2D eigenvalue weighted by Gasteiger charge is -2.18. The molecule has 5 heteroatoms. The number of nitrogens with zero attached hydrogens (tertiary/aromatic N) is 1. The van der Waals surface area contributed by atoms with E-state index in [1.165, 1.54) is 16.4 Å². The SMILES string of the molecule is COCCC(C)NC(C)c1cc(OC)ns1. The molecule has 16 heavy (non-hydrogen) atoms. The Kier molecular flexibility index (Phi) is 5.73. The highest BCUT2D eigenvalue weighted by Gasteiger charge is 2.12. The van der Waals surface area contributed by atoms with Gasteiger partial charge in [0.2, 0.25) is 5.88 Å². The average Bonchev–Trinajstić information content (AvgIpc) is 2.74. The molecule has 4 nitrogen and oxygen atoms in total. The van der Waals surface area contributed by atoms with Gasteiger partial charge >= 0.3 is 0 Å². The Morgan fingerprint density at radius 1 is 1.44 bits per heavy atom. The van der Waals surface area contributed by atoms with E-state index in [2.05, 4.69) is 23.5 Å². The first kappa shape index (κ1) is 13.4. The van der Waals surface area contributed by atoms with Gasteiger partial charge in [-0.2, -0.15) is 4.37 Å². The van der Waals surface area contributed by atoms with Crippen LogP contribution in [0.15, 0.2) is 6.07 Å². The largest absolute Gasteiger partial charge is 0.480 e. The van der Waals surface area contributed by atoms with Crippen LogP contribution in [0.3, 0.4) is 0 Å². The fourth-order valence-electron chi connectivity index (χ4n) is 1.46. The Labute approximate surface area is 101 Å². The van der Waals surface area contributed by atoms with Crippen LogP contribution in [-0.4, -0.2) is 31.2 Å². The summed E-state index contributed by atoms with van der Waals surface area (Å²) in [5.74, 6) is 0.693. The molecule has 0 aliphatic heterocycles. The lowest BCUT2D eigenvalue weighted by atomic mass is 10.2. The van der Waals surface area contributed by atoms with Crippen molar-refractivity contribution in [2.24, 2.45) is 0 Å². The molecule has 1 N–H and O–H groups in total. The van der Waals surface area contributed by atoms with Crippen molar-refractivity contribution >= 4 is 11.5 Å². The van der Waals surface area contributed by atoms with Gasteiger partial charge in [0.1, 0.15) is 0 Å². The van der Waals surface area contributed by atoms with Crippen molar-refractivity contribution in [2.45, 2.75) is 32.4 Å². The van der Waals surface area contributed by atoms with Crippen molar-refractivity contribution in [2.75, 3.05) is 20.8 Å². The third kappa shape index (κ3) is 4.08. The molecule has 0 saturated carbocycles. The number of hydrogen-bond donors (Lipinski definition) is 1. The molecule has 92 valence electrons. The van der Waals surface area contributed by atoms with E-state index in [0.29, 0.717) is 18.0 Å². The number of rotatable bonds is 7. The van der Waals surface area contributed by atoms with Crippen LogP contribution in [-0.2, 0) is 4.74 Å². The smallest absolute Gasteiger partial charge is 0.225 e. The van der Waals surface area contributed by atoms with E-state index in [4.69, 9.17) is 9.47 Å². The van der Waals surface area contributed by atoms with Crippen LogP contribution in [0.2, 0.25) is 0 Å². The van der Waals surface area contributed by atoms with Crippen LogP contribution in [0.5, 0.6) is 5.88 Å². The van der Waals surface area contributed by atoms with Gasteiger partial charge in [0.25, 0.3) is 0 Å². The molecule has 0 aliphatic rings. The maximum Gasteiger partial charge on any atom is 0.225 e. The molecular formula is C11H20N2O2S. The summed E-state index contributed by atoms with van der Waals surface area (Å²) < 4.78 is 14.3. The number of ether oxygens (including phenoxy) is 2. The Hall–Kier alpha value is -0.650. The normalized spacial score (nSPS) is 14.8. The summed E-state index contributed by atoms with van der Waals surface area (Å²) in [4.78, 5) is 1.20. The standard InChI is InChI=1S/C11H20N2O2S/c1-8(5-6-14-3)12-9(2)10-7-11(15-4)13-16-10/h7-9,12H,5-6H2,1-4H3. The Bertz CT molecular complexity index is 304. The first-order valence-corrected chi connectivity index (χ1v) is 6.20. The zero-order valence-electron chi connectivity index (χ0n) is 10.3. The summed E-state index contributed by atoms with van der Waals surface area (Å²) in [7, 11) is 3.36. The van der Waals surface area contributed by atoms with Gasteiger partial charge in [-0.05, 0) is 31.8 Å². The molecule has 0 fully saturated rings. The first-order valence-electron chi connectivity index (χ1n) is 5.43. The minimum atomic E-state index is 0.299. The summed E-state index contributed by atoms with van der Waals surface area (Å²) in [6, 6.07) is 2.71. The monoisotopic (exact) mass is 244 g/mol. The van der Waals surface area contributed by atoms with Gasteiger partial charge in [-0.1, -0.05) is 0 Å². The van der Waals surface area contributed by atoms with Gasteiger partial charge in [-0.3, -0.25) is 0 Å². The molecule has 2 unspecified atom stereocenters. The highest BCUT2D eigenvalue weighted by atomic mass is 32.1. The van der Waals surface area contributed by atoms with E-state index >= 15 is 0 Å². The first-order chi connectivity index (χ1) is 7.67. The molecule has 1 heterocycles. The van der Waals surface area contributed by atoms with Gasteiger partial charge in [-0.25, -0.2) is 0 Å². The third-order valence-corrected chi connectivity index (χ3v) is 3.39. The second-order valence-electron chi connectivity index (χ2n) is 3.84. The molecule has 0 bridgehead atoms. The Morgan fingerprint density at radius 3 is 2.75 bits per heavy atom. The molecule has 2 atom stereocenters. The second kappa shape index (κ2) is 6.83. The van der Waals surface area contributed by atoms with E-state index in [1.54, 1.807) is 14.2 Å². The molecule has 0 spiro atoms. The minimum Gasteiger partial charge on any atom is -0.480 e. The van der Waals surface area contributed by atoms with E-state index in [-0.39, 0.29) is 0 Å². The Morgan fingerprint density at radius 2 is 2.19 bits per heavy atom. The third-order valence-electron chi connectivity index (χ3n) is 2.43. The van der Waals surface area contributed by atoms with E-state index in [1.807, 2.05) is 6.07 Å². The Balaban J connectivity index is 2.41. The fraction of sp³-hybridized carbons (Fsp3) is 0.727. The predicted molar refractivity (Wildman–Crippen MR) is 66.2 cm³/mol. The lowest BCUT2D eigenvalue weighted by Crippen LogP contribution is -2.29. The van der Waals surface area contributed by atoms with E-state index in [0.717, 1.165) is 13.0 Å². The molecule has 1 aromatic heterocycles. The summed E-state index contributed by atoms with van der Waals surface area (Å²) in [5, 5.41) is 3.50. The highest BCUT2D eigenvalue weighted by molar-refractivity contribution is 7.06. The van der Waals surface area contributed by atoms with Crippen LogP contribution in [0.4, 0.5) is 0 Å². The molecular weight excluding hydrogens is 224 g/mol. The molecule has 1 aromatic rings. The van der Waals surface area contributed by atoms with Crippen molar-refractivity contribution in [1.29, 1.82) is 0 Å².